The van der Waals surface area contributed by atoms with Crippen LogP contribution in [0.3, 0.4) is 0 Å². The summed E-state index contributed by atoms with van der Waals surface area (Å²) < 4.78 is 1.85. The molecule has 1 heterocycles. The average Bonchev–Trinajstić information content (AvgIpc) is 2.30. The van der Waals surface area contributed by atoms with Crippen LogP contribution in [0, 0.1) is 6.92 Å². The Hall–Kier alpha value is -0.531. The molecule has 0 aliphatic carbocycles. The number of aromatic carboxylic acids is 1. The van der Waals surface area contributed by atoms with E-state index < -0.39 is 5.97 Å². The zero-order chi connectivity index (χ0) is 8.43. The molecule has 3 heteroatoms. The molecule has 0 aliphatic heterocycles. The molecule has 0 fully saturated rings. The van der Waals surface area contributed by atoms with Gasteiger partial charge < -0.3 is 0 Å². The molecule has 1 rings (SSSR count). The van der Waals surface area contributed by atoms with Crippen LogP contribution >= 0.6 is 0 Å². The van der Waals surface area contributed by atoms with Crippen LogP contribution in [0.5, 0.6) is 0 Å². The van der Waals surface area contributed by atoms with Crippen molar-refractivity contribution in [3.63, 3.8) is 0 Å². The first-order chi connectivity index (χ1) is 5.15. The van der Waals surface area contributed by atoms with Crippen molar-refractivity contribution >= 4 is 20.5 Å². The van der Waals surface area contributed by atoms with Crippen molar-refractivity contribution in [1.29, 1.82) is 0 Å². The predicted molar refractivity (Wildman–Crippen MR) is 44.5 cm³/mol. The molecule has 60 valence electrons. The first kappa shape index (κ1) is 8.56. The van der Waals surface area contributed by atoms with Crippen molar-refractivity contribution in [1.82, 2.24) is 0 Å². The Morgan fingerprint density at radius 2 is 2.36 bits per heavy atom. The molecule has 0 spiro atoms. The molecule has 0 radical (unpaired) electrons. The molecule has 2 nitrogen and oxygen atoms in total. The van der Waals surface area contributed by atoms with E-state index in [0.29, 0.717) is 4.44 Å². The van der Waals surface area contributed by atoms with E-state index in [4.69, 9.17) is 5.11 Å². The van der Waals surface area contributed by atoms with Gasteiger partial charge in [-0.25, -0.2) is 0 Å². The van der Waals surface area contributed by atoms with Gasteiger partial charge in [0.25, 0.3) is 0 Å². The van der Waals surface area contributed by atoms with E-state index in [0.717, 1.165) is 12.0 Å². The van der Waals surface area contributed by atoms with Crippen LogP contribution in [0.15, 0.2) is 6.07 Å². The van der Waals surface area contributed by atoms with Crippen LogP contribution in [0.25, 0.3) is 0 Å². The molecule has 1 N–H and O–H groups in total. The molecule has 0 aliphatic rings. The Bertz CT molecular complexity index is 276. The number of hydrogen-bond acceptors (Lipinski definition) is 1. The number of aryl methyl sites for hydroxylation is 2. The minimum atomic E-state index is -0.741. The fourth-order valence-corrected chi connectivity index (χ4v) is 2.99. The quantitative estimate of drug-likeness (QED) is 0.758. The van der Waals surface area contributed by atoms with Gasteiger partial charge in [-0.05, 0) is 0 Å². The van der Waals surface area contributed by atoms with Crippen molar-refractivity contribution < 1.29 is 9.90 Å². The predicted octanol–water partition coefficient (Wildman–Crippen LogP) is 1.31. The van der Waals surface area contributed by atoms with E-state index in [2.05, 4.69) is 0 Å². The normalized spacial score (nSPS) is 10.0. The molecule has 0 unspecified atom stereocenters. The van der Waals surface area contributed by atoms with Crippen molar-refractivity contribution in [2.75, 3.05) is 0 Å². The van der Waals surface area contributed by atoms with E-state index in [9.17, 15) is 4.79 Å². The van der Waals surface area contributed by atoms with E-state index in [-0.39, 0.29) is 14.5 Å². The first-order valence-corrected chi connectivity index (χ1v) is 5.19. The third kappa shape index (κ3) is 1.73. The van der Waals surface area contributed by atoms with Crippen LogP contribution in [-0.4, -0.2) is 25.6 Å². The summed E-state index contributed by atoms with van der Waals surface area (Å²) in [6, 6.07) is 2.00. The molecule has 1 aromatic rings. The molecule has 0 atom stereocenters. The van der Waals surface area contributed by atoms with Crippen LogP contribution in [0.2, 0.25) is 0 Å². The molecular formula is C8H10O2Se. The number of carboxylic acid groups (broad SMARTS) is 1. The molecular weight excluding hydrogens is 207 g/mol. The molecule has 11 heavy (non-hydrogen) atoms. The van der Waals surface area contributed by atoms with Gasteiger partial charge in [-0.2, -0.15) is 0 Å². The Kier molecular flexibility index (Phi) is 2.53. The summed E-state index contributed by atoms with van der Waals surface area (Å²) in [5.41, 5.74) is 1.01. The molecule has 0 bridgehead atoms. The van der Waals surface area contributed by atoms with E-state index in [1.807, 2.05) is 19.9 Å². The second-order valence-electron chi connectivity index (χ2n) is 2.37. The fraction of sp³-hybridized carbons (Fsp3) is 0.375. The van der Waals surface area contributed by atoms with Gasteiger partial charge in [0.05, 0.1) is 0 Å². The third-order valence-electron chi connectivity index (χ3n) is 1.51. The van der Waals surface area contributed by atoms with Crippen LogP contribution in [0.4, 0.5) is 0 Å². The monoisotopic (exact) mass is 218 g/mol. The summed E-state index contributed by atoms with van der Waals surface area (Å²) >= 11 is 0.0805. The second kappa shape index (κ2) is 3.24. The van der Waals surface area contributed by atoms with Gasteiger partial charge in [-0.1, -0.05) is 0 Å². The SMILES string of the molecule is CCc1cc(C)[se]c1C(=O)O. The van der Waals surface area contributed by atoms with Gasteiger partial charge in [-0.15, -0.1) is 0 Å². The summed E-state index contributed by atoms with van der Waals surface area (Å²) in [7, 11) is 0. The van der Waals surface area contributed by atoms with Gasteiger partial charge in [0.15, 0.2) is 0 Å². The number of carboxylic acids is 1. The first-order valence-electron chi connectivity index (χ1n) is 3.47. The van der Waals surface area contributed by atoms with Gasteiger partial charge in [0, 0.05) is 0 Å². The summed E-state index contributed by atoms with van der Waals surface area (Å²) in [6.45, 7) is 3.98. The Labute approximate surface area is 71.6 Å². The van der Waals surface area contributed by atoms with Gasteiger partial charge in [-0.3, -0.25) is 0 Å². The second-order valence-corrected chi connectivity index (χ2v) is 5.01. The average molecular weight is 217 g/mol. The third-order valence-corrected chi connectivity index (χ3v) is 3.77. The maximum absolute atomic E-state index is 10.6. The summed E-state index contributed by atoms with van der Waals surface area (Å²) in [5.74, 6) is -0.741. The van der Waals surface area contributed by atoms with Crippen molar-refractivity contribution in [2.24, 2.45) is 0 Å². The summed E-state index contributed by atoms with van der Waals surface area (Å²) in [6.07, 6.45) is 0.834. The van der Waals surface area contributed by atoms with Crippen LogP contribution in [0.1, 0.15) is 26.2 Å². The molecule has 0 amide bonds. The van der Waals surface area contributed by atoms with Gasteiger partial charge in [0.2, 0.25) is 0 Å². The fourth-order valence-electron chi connectivity index (χ4n) is 1.01. The molecule has 0 saturated carbocycles. The van der Waals surface area contributed by atoms with Crippen molar-refractivity contribution in [3.05, 3.63) is 20.5 Å². The minimum absolute atomic E-state index is 0.0805. The Morgan fingerprint density at radius 3 is 2.73 bits per heavy atom. The van der Waals surface area contributed by atoms with Gasteiger partial charge in [0.1, 0.15) is 0 Å². The molecule has 0 aromatic carbocycles. The standard InChI is InChI=1S/C8H10O2Se/c1-3-6-4-5(2)11-7(6)8(9)10/h4H,3H2,1-2H3,(H,9,10). The zero-order valence-electron chi connectivity index (χ0n) is 6.55. The molecule has 0 saturated heterocycles. The van der Waals surface area contributed by atoms with Crippen molar-refractivity contribution in [2.45, 2.75) is 20.3 Å². The Balaban J connectivity index is 3.12. The van der Waals surface area contributed by atoms with E-state index in [1.165, 1.54) is 4.44 Å². The van der Waals surface area contributed by atoms with Crippen LogP contribution < -0.4 is 0 Å². The topological polar surface area (TPSA) is 37.3 Å². The van der Waals surface area contributed by atoms with E-state index >= 15 is 0 Å². The zero-order valence-corrected chi connectivity index (χ0v) is 8.26. The van der Waals surface area contributed by atoms with Gasteiger partial charge >= 0.3 is 71.1 Å². The number of hydrogen-bond donors (Lipinski definition) is 1. The number of rotatable bonds is 2. The molecule has 1 aromatic heterocycles. The summed E-state index contributed by atoms with van der Waals surface area (Å²) in [5, 5.41) is 8.76. The van der Waals surface area contributed by atoms with Crippen LogP contribution in [-0.2, 0) is 6.42 Å². The number of carbonyl (C=O) groups is 1. The van der Waals surface area contributed by atoms with Crippen molar-refractivity contribution in [3.8, 4) is 0 Å². The maximum atomic E-state index is 10.6. The van der Waals surface area contributed by atoms with E-state index in [1.54, 1.807) is 0 Å². The summed E-state index contributed by atoms with van der Waals surface area (Å²) in [4.78, 5) is 10.6. The Morgan fingerprint density at radius 1 is 1.73 bits per heavy atom.